The van der Waals surface area contributed by atoms with Crippen LogP contribution in [0.4, 0.5) is 0 Å². The fourth-order valence-corrected chi connectivity index (χ4v) is 3.27. The molecule has 4 nitrogen and oxygen atoms in total. The number of amides is 1. The molecule has 0 spiro atoms. The molecule has 1 fully saturated rings. The van der Waals surface area contributed by atoms with E-state index in [9.17, 15) is 15.0 Å². The van der Waals surface area contributed by atoms with Gasteiger partial charge in [0.1, 0.15) is 5.75 Å². The van der Waals surface area contributed by atoms with Gasteiger partial charge in [-0.25, -0.2) is 0 Å². The van der Waals surface area contributed by atoms with E-state index >= 15 is 0 Å². The van der Waals surface area contributed by atoms with Crippen molar-refractivity contribution in [3.63, 3.8) is 0 Å². The van der Waals surface area contributed by atoms with Crippen LogP contribution in [0.2, 0.25) is 0 Å². The van der Waals surface area contributed by atoms with Crippen LogP contribution >= 0.6 is 0 Å². The molecule has 4 heteroatoms. The molecule has 0 saturated carbocycles. The highest BCUT2D eigenvalue weighted by molar-refractivity contribution is 5.94. The third-order valence-corrected chi connectivity index (χ3v) is 4.87. The Labute approximate surface area is 142 Å². The van der Waals surface area contributed by atoms with Crippen molar-refractivity contribution in [2.45, 2.75) is 25.9 Å². The van der Waals surface area contributed by atoms with Crippen LogP contribution in [-0.2, 0) is 0 Å². The summed E-state index contributed by atoms with van der Waals surface area (Å²) < 4.78 is 0. The maximum Gasteiger partial charge on any atom is 0.253 e. The molecule has 0 radical (unpaired) electrons. The lowest BCUT2D eigenvalue weighted by Crippen LogP contribution is -2.39. The number of likely N-dealkylation sites (tertiary alicyclic amines) is 1. The number of carbonyl (C=O) groups excluding carboxylic acids is 1. The largest absolute Gasteiger partial charge is 0.508 e. The van der Waals surface area contributed by atoms with E-state index in [1.165, 1.54) is 6.07 Å². The fraction of sp³-hybridized carbons (Fsp3) is 0.350. The lowest BCUT2D eigenvalue weighted by atomic mass is 9.87. The summed E-state index contributed by atoms with van der Waals surface area (Å²) in [6.45, 7) is 3.06. The number of rotatable bonds is 3. The molecule has 0 aliphatic carbocycles. The Bertz CT molecular complexity index is 706. The maximum absolute atomic E-state index is 12.6. The highest BCUT2D eigenvalue weighted by Crippen LogP contribution is 2.31. The standard InChI is InChI=1S/C20H23NO3/c1-14-7-8-17(13-18(14)22)20(24)21-11-9-16(10-12-21)19(23)15-5-3-2-4-6-15/h2-8,13,16,19,22-23H,9-12H2,1H3. The van der Waals surface area contributed by atoms with Crippen LogP contribution in [0, 0.1) is 12.8 Å². The SMILES string of the molecule is Cc1ccc(C(=O)N2CCC(C(O)c3ccccc3)CC2)cc1O. The third-order valence-electron chi connectivity index (χ3n) is 4.87. The average molecular weight is 325 g/mol. The molecule has 2 aromatic carbocycles. The Morgan fingerprint density at radius 2 is 1.79 bits per heavy atom. The molecule has 2 N–H and O–H groups in total. The number of phenols is 1. The van der Waals surface area contributed by atoms with Crippen molar-refractivity contribution in [1.82, 2.24) is 4.90 Å². The van der Waals surface area contributed by atoms with Crippen LogP contribution in [0.25, 0.3) is 0 Å². The molecule has 1 amide bonds. The Kier molecular flexibility index (Phi) is 4.86. The van der Waals surface area contributed by atoms with Gasteiger partial charge in [-0.15, -0.1) is 0 Å². The van der Waals surface area contributed by atoms with Crippen LogP contribution in [0.1, 0.15) is 40.4 Å². The smallest absolute Gasteiger partial charge is 0.253 e. The predicted octanol–water partition coefficient (Wildman–Crippen LogP) is 3.29. The number of aliphatic hydroxyl groups is 1. The van der Waals surface area contributed by atoms with E-state index in [-0.39, 0.29) is 17.6 Å². The lowest BCUT2D eigenvalue weighted by Gasteiger charge is -2.34. The Morgan fingerprint density at radius 3 is 2.42 bits per heavy atom. The number of aliphatic hydroxyl groups excluding tert-OH is 1. The predicted molar refractivity (Wildman–Crippen MR) is 92.9 cm³/mol. The molecule has 0 aromatic heterocycles. The number of nitrogens with zero attached hydrogens (tertiary/aromatic N) is 1. The molecule has 1 aliphatic rings. The van der Waals surface area contributed by atoms with Crippen molar-refractivity contribution in [1.29, 1.82) is 0 Å². The zero-order valence-corrected chi connectivity index (χ0v) is 13.9. The number of hydrogen-bond acceptors (Lipinski definition) is 3. The van der Waals surface area contributed by atoms with Crippen LogP contribution in [0.3, 0.4) is 0 Å². The molecule has 2 aromatic rings. The topological polar surface area (TPSA) is 60.8 Å². The van der Waals surface area contributed by atoms with Gasteiger partial charge in [-0.1, -0.05) is 36.4 Å². The number of carbonyl (C=O) groups is 1. The summed E-state index contributed by atoms with van der Waals surface area (Å²) in [5.74, 6) is 0.260. The van der Waals surface area contributed by atoms with E-state index in [1.807, 2.05) is 30.3 Å². The van der Waals surface area contributed by atoms with E-state index in [0.29, 0.717) is 18.7 Å². The first-order valence-corrected chi connectivity index (χ1v) is 8.38. The summed E-state index contributed by atoms with van der Waals surface area (Å²) >= 11 is 0. The van der Waals surface area contributed by atoms with Gasteiger partial charge in [0.15, 0.2) is 0 Å². The molecule has 24 heavy (non-hydrogen) atoms. The van der Waals surface area contributed by atoms with Gasteiger partial charge in [-0.2, -0.15) is 0 Å². The van der Waals surface area contributed by atoms with Gasteiger partial charge in [-0.3, -0.25) is 4.79 Å². The molecular formula is C20H23NO3. The van der Waals surface area contributed by atoms with Gasteiger partial charge in [0.05, 0.1) is 6.10 Å². The summed E-state index contributed by atoms with van der Waals surface area (Å²) in [5, 5.41) is 20.3. The number of aromatic hydroxyl groups is 1. The summed E-state index contributed by atoms with van der Waals surface area (Å²) in [6, 6.07) is 14.7. The summed E-state index contributed by atoms with van der Waals surface area (Å²) in [5.41, 5.74) is 2.21. The van der Waals surface area contributed by atoms with Crippen LogP contribution in [-0.4, -0.2) is 34.1 Å². The van der Waals surface area contributed by atoms with Gasteiger partial charge in [0.25, 0.3) is 5.91 Å². The highest BCUT2D eigenvalue weighted by Gasteiger charge is 2.28. The Morgan fingerprint density at radius 1 is 1.12 bits per heavy atom. The first-order chi connectivity index (χ1) is 11.6. The summed E-state index contributed by atoms with van der Waals surface area (Å²) in [6.07, 6.45) is 1.08. The molecule has 1 aliphatic heterocycles. The molecular weight excluding hydrogens is 302 g/mol. The van der Waals surface area contributed by atoms with Crippen LogP contribution < -0.4 is 0 Å². The van der Waals surface area contributed by atoms with Crippen LogP contribution in [0.15, 0.2) is 48.5 Å². The fourth-order valence-electron chi connectivity index (χ4n) is 3.27. The molecule has 1 saturated heterocycles. The van der Waals surface area contributed by atoms with Gasteiger partial charge >= 0.3 is 0 Å². The summed E-state index contributed by atoms with van der Waals surface area (Å²) in [7, 11) is 0. The molecule has 1 atom stereocenters. The molecule has 3 rings (SSSR count). The first-order valence-electron chi connectivity index (χ1n) is 8.38. The van der Waals surface area contributed by atoms with Crippen molar-refractivity contribution in [2.24, 2.45) is 5.92 Å². The van der Waals surface area contributed by atoms with Crippen molar-refractivity contribution < 1.29 is 15.0 Å². The van der Waals surface area contributed by atoms with Crippen molar-refractivity contribution in [3.8, 4) is 5.75 Å². The molecule has 126 valence electrons. The lowest BCUT2D eigenvalue weighted by molar-refractivity contribution is 0.0462. The van der Waals surface area contributed by atoms with E-state index in [0.717, 1.165) is 24.0 Å². The van der Waals surface area contributed by atoms with Gasteiger partial charge in [0.2, 0.25) is 0 Å². The van der Waals surface area contributed by atoms with Crippen molar-refractivity contribution >= 4 is 5.91 Å². The Balaban J connectivity index is 1.62. The molecule has 1 unspecified atom stereocenters. The molecule has 0 bridgehead atoms. The van der Waals surface area contributed by atoms with Crippen molar-refractivity contribution in [2.75, 3.05) is 13.1 Å². The van der Waals surface area contributed by atoms with E-state index < -0.39 is 6.10 Å². The van der Waals surface area contributed by atoms with Gasteiger partial charge < -0.3 is 15.1 Å². The second-order valence-corrected chi connectivity index (χ2v) is 6.49. The average Bonchev–Trinajstić information content (AvgIpc) is 2.63. The third kappa shape index (κ3) is 3.44. The van der Waals surface area contributed by atoms with E-state index in [1.54, 1.807) is 24.0 Å². The van der Waals surface area contributed by atoms with E-state index in [2.05, 4.69) is 0 Å². The highest BCUT2D eigenvalue weighted by atomic mass is 16.3. The number of benzene rings is 2. The minimum absolute atomic E-state index is 0.0575. The zero-order chi connectivity index (χ0) is 17.1. The number of hydrogen-bond donors (Lipinski definition) is 2. The normalized spacial score (nSPS) is 16.8. The van der Waals surface area contributed by atoms with Crippen LogP contribution in [0.5, 0.6) is 5.75 Å². The number of aryl methyl sites for hydroxylation is 1. The maximum atomic E-state index is 12.6. The number of phenolic OH excluding ortho intramolecular Hbond substituents is 1. The van der Waals surface area contributed by atoms with Gasteiger partial charge in [-0.05, 0) is 48.9 Å². The first kappa shape index (κ1) is 16.5. The molecule has 1 heterocycles. The quantitative estimate of drug-likeness (QED) is 0.910. The van der Waals surface area contributed by atoms with E-state index in [4.69, 9.17) is 0 Å². The second kappa shape index (κ2) is 7.05. The number of piperidine rings is 1. The monoisotopic (exact) mass is 325 g/mol. The second-order valence-electron chi connectivity index (χ2n) is 6.49. The Hall–Kier alpha value is -2.33. The summed E-state index contributed by atoms with van der Waals surface area (Å²) in [4.78, 5) is 14.4. The van der Waals surface area contributed by atoms with Gasteiger partial charge in [0, 0.05) is 18.7 Å². The zero-order valence-electron chi connectivity index (χ0n) is 13.9. The minimum Gasteiger partial charge on any atom is -0.508 e. The van der Waals surface area contributed by atoms with Crippen molar-refractivity contribution in [3.05, 3.63) is 65.2 Å². The minimum atomic E-state index is -0.480.